The lowest BCUT2D eigenvalue weighted by Gasteiger charge is -2.21. The van der Waals surface area contributed by atoms with Crippen LogP contribution in [0.3, 0.4) is 0 Å². The molecule has 0 aliphatic carbocycles. The SMILES string of the molecule is CC(C)(CC(=O)O)CC(=O)Nc1cc(F)cc([N+](=O)[O-])c1. The number of hydrogen-bond donors (Lipinski definition) is 2. The fraction of sp³-hybridized carbons (Fsp3) is 0.385. The summed E-state index contributed by atoms with van der Waals surface area (Å²) >= 11 is 0. The van der Waals surface area contributed by atoms with E-state index < -0.39 is 33.7 Å². The summed E-state index contributed by atoms with van der Waals surface area (Å²) < 4.78 is 13.2. The highest BCUT2D eigenvalue weighted by Gasteiger charge is 2.25. The molecular formula is C13H15FN2O5. The molecule has 2 N–H and O–H groups in total. The topological polar surface area (TPSA) is 110 Å². The average Bonchev–Trinajstić information content (AvgIpc) is 2.24. The maximum atomic E-state index is 13.2. The van der Waals surface area contributed by atoms with E-state index in [-0.39, 0.29) is 18.5 Å². The van der Waals surface area contributed by atoms with Crippen LogP contribution in [0, 0.1) is 21.3 Å². The van der Waals surface area contributed by atoms with Gasteiger partial charge in [0.15, 0.2) is 0 Å². The van der Waals surface area contributed by atoms with Crippen LogP contribution in [0.15, 0.2) is 18.2 Å². The minimum atomic E-state index is -1.03. The Balaban J connectivity index is 2.79. The lowest BCUT2D eigenvalue weighted by Crippen LogP contribution is -2.24. The van der Waals surface area contributed by atoms with Crippen molar-refractivity contribution >= 4 is 23.3 Å². The summed E-state index contributed by atoms with van der Waals surface area (Å²) in [6, 6.07) is 2.73. The highest BCUT2D eigenvalue weighted by atomic mass is 19.1. The molecule has 0 aromatic heterocycles. The van der Waals surface area contributed by atoms with Gasteiger partial charge in [-0.3, -0.25) is 19.7 Å². The van der Waals surface area contributed by atoms with E-state index in [1.54, 1.807) is 13.8 Å². The monoisotopic (exact) mass is 298 g/mol. The Kier molecular flexibility index (Phi) is 4.96. The minimum absolute atomic E-state index is 0.0437. The third-order valence-corrected chi connectivity index (χ3v) is 2.65. The van der Waals surface area contributed by atoms with E-state index in [2.05, 4.69) is 5.32 Å². The van der Waals surface area contributed by atoms with Crippen LogP contribution >= 0.6 is 0 Å². The Hall–Kier alpha value is -2.51. The highest BCUT2D eigenvalue weighted by Crippen LogP contribution is 2.26. The van der Waals surface area contributed by atoms with Crippen molar-refractivity contribution in [2.45, 2.75) is 26.7 Å². The molecule has 0 saturated carbocycles. The van der Waals surface area contributed by atoms with Crippen molar-refractivity contribution in [1.82, 2.24) is 0 Å². The van der Waals surface area contributed by atoms with Crippen molar-refractivity contribution in [1.29, 1.82) is 0 Å². The van der Waals surface area contributed by atoms with Crippen LogP contribution in [0.5, 0.6) is 0 Å². The molecule has 7 nitrogen and oxygen atoms in total. The number of amides is 1. The first-order valence-corrected chi connectivity index (χ1v) is 6.06. The molecule has 1 amide bonds. The molecule has 0 fully saturated rings. The number of halogens is 1. The van der Waals surface area contributed by atoms with Crippen molar-refractivity contribution in [3.05, 3.63) is 34.1 Å². The van der Waals surface area contributed by atoms with E-state index in [4.69, 9.17) is 5.11 Å². The quantitative estimate of drug-likeness (QED) is 0.619. The van der Waals surface area contributed by atoms with Gasteiger partial charge in [-0.25, -0.2) is 4.39 Å². The summed E-state index contributed by atoms with van der Waals surface area (Å²) in [6.07, 6.45) is -0.312. The number of hydrogen-bond acceptors (Lipinski definition) is 4. The summed E-state index contributed by atoms with van der Waals surface area (Å²) in [5.74, 6) is -2.42. The Labute approximate surface area is 119 Å². The second kappa shape index (κ2) is 6.29. The number of nitrogens with zero attached hydrogens (tertiary/aromatic N) is 1. The standard InChI is InChI=1S/C13H15FN2O5/c1-13(2,7-12(18)19)6-11(17)15-9-3-8(14)4-10(5-9)16(20)21/h3-5H,6-7H2,1-2H3,(H,15,17)(H,18,19). The van der Waals surface area contributed by atoms with Gasteiger partial charge in [-0.05, 0) is 11.5 Å². The average molecular weight is 298 g/mol. The van der Waals surface area contributed by atoms with Crippen LogP contribution in [-0.4, -0.2) is 21.9 Å². The summed E-state index contributed by atoms with van der Waals surface area (Å²) in [5, 5.41) is 21.7. The normalized spacial score (nSPS) is 11.0. The van der Waals surface area contributed by atoms with Crippen LogP contribution in [0.1, 0.15) is 26.7 Å². The van der Waals surface area contributed by atoms with E-state index in [1.807, 2.05) is 0 Å². The lowest BCUT2D eigenvalue weighted by atomic mass is 9.85. The van der Waals surface area contributed by atoms with Crippen molar-refractivity contribution in [2.75, 3.05) is 5.32 Å². The zero-order chi connectivity index (χ0) is 16.2. The number of carboxylic acid groups (broad SMARTS) is 1. The third-order valence-electron chi connectivity index (χ3n) is 2.65. The first kappa shape index (κ1) is 16.5. The lowest BCUT2D eigenvalue weighted by molar-refractivity contribution is -0.385. The molecule has 21 heavy (non-hydrogen) atoms. The van der Waals surface area contributed by atoms with E-state index in [0.717, 1.165) is 18.2 Å². The van der Waals surface area contributed by atoms with Gasteiger partial charge in [-0.2, -0.15) is 0 Å². The molecule has 0 spiro atoms. The number of benzene rings is 1. The Morgan fingerprint density at radius 3 is 2.48 bits per heavy atom. The molecule has 0 aliphatic rings. The van der Waals surface area contributed by atoms with Crippen molar-refractivity contribution in [2.24, 2.45) is 5.41 Å². The molecule has 1 rings (SSSR count). The van der Waals surface area contributed by atoms with E-state index >= 15 is 0 Å². The van der Waals surface area contributed by atoms with Crippen LogP contribution in [0.25, 0.3) is 0 Å². The van der Waals surface area contributed by atoms with Gasteiger partial charge < -0.3 is 10.4 Å². The summed E-state index contributed by atoms with van der Waals surface area (Å²) in [4.78, 5) is 32.3. The number of aliphatic carboxylic acids is 1. The smallest absolute Gasteiger partial charge is 0.303 e. The van der Waals surface area contributed by atoms with E-state index in [0.29, 0.717) is 0 Å². The van der Waals surface area contributed by atoms with Gasteiger partial charge in [0.1, 0.15) is 5.82 Å². The Morgan fingerprint density at radius 2 is 1.95 bits per heavy atom. The molecule has 0 heterocycles. The van der Waals surface area contributed by atoms with Crippen molar-refractivity contribution in [3.8, 4) is 0 Å². The molecule has 1 aromatic rings. The first-order valence-electron chi connectivity index (χ1n) is 6.06. The minimum Gasteiger partial charge on any atom is -0.481 e. The Bertz CT molecular complexity index is 586. The molecule has 0 unspecified atom stereocenters. The van der Waals surface area contributed by atoms with E-state index in [1.165, 1.54) is 0 Å². The maximum Gasteiger partial charge on any atom is 0.303 e. The van der Waals surface area contributed by atoms with Crippen LogP contribution < -0.4 is 5.32 Å². The molecule has 114 valence electrons. The fourth-order valence-electron chi connectivity index (χ4n) is 1.86. The van der Waals surface area contributed by atoms with Gasteiger partial charge in [0.25, 0.3) is 5.69 Å². The highest BCUT2D eigenvalue weighted by molar-refractivity contribution is 5.91. The van der Waals surface area contributed by atoms with Gasteiger partial charge in [-0.15, -0.1) is 0 Å². The number of carbonyl (C=O) groups excluding carboxylic acids is 1. The molecular weight excluding hydrogens is 283 g/mol. The second-order valence-electron chi connectivity index (χ2n) is 5.41. The summed E-state index contributed by atoms with van der Waals surface area (Å²) in [7, 11) is 0. The zero-order valence-corrected chi connectivity index (χ0v) is 11.6. The molecule has 0 atom stereocenters. The number of nitrogens with one attached hydrogen (secondary N) is 1. The largest absolute Gasteiger partial charge is 0.481 e. The van der Waals surface area contributed by atoms with Crippen molar-refractivity contribution in [3.63, 3.8) is 0 Å². The number of carbonyl (C=O) groups is 2. The Morgan fingerprint density at radius 1 is 1.33 bits per heavy atom. The summed E-state index contributed by atoms with van der Waals surface area (Å²) in [6.45, 7) is 3.21. The number of rotatable bonds is 6. The predicted molar refractivity (Wildman–Crippen MR) is 72.3 cm³/mol. The van der Waals surface area contributed by atoms with Crippen LogP contribution in [0.4, 0.5) is 15.8 Å². The van der Waals surface area contributed by atoms with Gasteiger partial charge in [0, 0.05) is 12.5 Å². The number of carboxylic acids is 1. The number of non-ortho nitro benzene ring substituents is 1. The number of nitro benzene ring substituents is 1. The molecule has 8 heteroatoms. The number of nitro groups is 1. The van der Waals surface area contributed by atoms with Gasteiger partial charge >= 0.3 is 5.97 Å². The molecule has 0 bridgehead atoms. The zero-order valence-electron chi connectivity index (χ0n) is 11.6. The molecule has 0 saturated heterocycles. The van der Waals surface area contributed by atoms with Crippen LogP contribution in [0.2, 0.25) is 0 Å². The first-order chi connectivity index (χ1) is 9.59. The molecule has 1 aromatic carbocycles. The van der Waals surface area contributed by atoms with Gasteiger partial charge in [0.05, 0.1) is 23.1 Å². The predicted octanol–water partition coefficient (Wildman–Crippen LogP) is 2.56. The second-order valence-corrected chi connectivity index (χ2v) is 5.41. The third kappa shape index (κ3) is 5.55. The van der Waals surface area contributed by atoms with Crippen LogP contribution in [-0.2, 0) is 9.59 Å². The summed E-state index contributed by atoms with van der Waals surface area (Å²) in [5.41, 5.74) is -1.30. The van der Waals surface area contributed by atoms with Gasteiger partial charge in [0.2, 0.25) is 5.91 Å². The number of anilines is 1. The molecule has 0 radical (unpaired) electrons. The fourth-order valence-corrected chi connectivity index (χ4v) is 1.86. The van der Waals surface area contributed by atoms with E-state index in [9.17, 15) is 24.1 Å². The maximum absolute atomic E-state index is 13.2. The van der Waals surface area contributed by atoms with Gasteiger partial charge in [-0.1, -0.05) is 13.8 Å². The molecule has 0 aliphatic heterocycles. The van der Waals surface area contributed by atoms with Crippen molar-refractivity contribution < 1.29 is 24.0 Å².